The van der Waals surface area contributed by atoms with Crippen molar-refractivity contribution in [2.24, 2.45) is 0 Å². The lowest BCUT2D eigenvalue weighted by Crippen LogP contribution is -2.35. The van der Waals surface area contributed by atoms with Gasteiger partial charge in [0.05, 0.1) is 11.1 Å². The maximum absolute atomic E-state index is 13.2. The number of carbonyl (C=O) groups excluding carboxylic acids is 2. The Hall–Kier alpha value is -3.61. The number of amides is 2. The minimum atomic E-state index is -4.64. The van der Waals surface area contributed by atoms with Crippen LogP contribution in [0.2, 0.25) is 0 Å². The second kappa shape index (κ2) is 8.26. The number of carbonyl (C=O) groups is 2. The highest BCUT2D eigenvalue weighted by atomic mass is 19.4. The van der Waals surface area contributed by atoms with Gasteiger partial charge in [-0.1, -0.05) is 36.4 Å². The van der Waals surface area contributed by atoms with Crippen LogP contribution in [-0.2, 0) is 12.6 Å². The minimum absolute atomic E-state index is 0.160. The molecule has 0 spiro atoms. The van der Waals surface area contributed by atoms with Gasteiger partial charge in [-0.15, -0.1) is 0 Å². The van der Waals surface area contributed by atoms with Crippen molar-refractivity contribution in [3.8, 4) is 0 Å². The highest BCUT2D eigenvalue weighted by molar-refractivity contribution is 6.08. The van der Waals surface area contributed by atoms with Crippen molar-refractivity contribution in [2.45, 2.75) is 19.0 Å². The average Bonchev–Trinajstić information content (AvgIpc) is 2.78. The standard InChI is InChI=1S/C24H19F3N2O2/c25-24(26,27)20-11-5-4-10-19(20)22(30)28-18-13-12-16-9-6-14-29(21(16)15-18)23(31)17-7-2-1-3-8-17/h1-5,7-8,10-13,15H,6,9,14H2,(H,28,30). The van der Waals surface area contributed by atoms with Crippen molar-refractivity contribution in [1.29, 1.82) is 0 Å². The highest BCUT2D eigenvalue weighted by Crippen LogP contribution is 2.34. The van der Waals surface area contributed by atoms with E-state index >= 15 is 0 Å². The number of halogens is 3. The summed E-state index contributed by atoms with van der Waals surface area (Å²) < 4.78 is 39.7. The third-order valence-electron chi connectivity index (χ3n) is 5.20. The first kappa shape index (κ1) is 20.7. The number of nitrogens with one attached hydrogen (secondary N) is 1. The fourth-order valence-electron chi connectivity index (χ4n) is 3.73. The molecule has 0 aliphatic carbocycles. The van der Waals surface area contributed by atoms with E-state index in [4.69, 9.17) is 0 Å². The van der Waals surface area contributed by atoms with Crippen LogP contribution in [0.5, 0.6) is 0 Å². The molecule has 0 fully saturated rings. The lowest BCUT2D eigenvalue weighted by molar-refractivity contribution is -0.137. The van der Waals surface area contributed by atoms with Gasteiger partial charge in [0.15, 0.2) is 0 Å². The summed E-state index contributed by atoms with van der Waals surface area (Å²) in [5.41, 5.74) is 1.03. The number of fused-ring (bicyclic) bond motifs is 1. The number of alkyl halides is 3. The number of aryl methyl sites for hydroxylation is 1. The molecule has 1 aliphatic rings. The molecule has 0 bridgehead atoms. The van der Waals surface area contributed by atoms with Gasteiger partial charge in [-0.2, -0.15) is 13.2 Å². The molecule has 2 amide bonds. The molecule has 0 saturated heterocycles. The fourth-order valence-corrected chi connectivity index (χ4v) is 3.73. The summed E-state index contributed by atoms with van der Waals surface area (Å²) in [5, 5.41) is 2.54. The maximum Gasteiger partial charge on any atom is 0.417 e. The second-order valence-electron chi connectivity index (χ2n) is 7.27. The lowest BCUT2D eigenvalue weighted by atomic mass is 9.99. The molecule has 7 heteroatoms. The molecule has 0 atom stereocenters. The Balaban J connectivity index is 1.63. The van der Waals surface area contributed by atoms with E-state index < -0.39 is 23.2 Å². The Kier molecular flexibility index (Phi) is 5.50. The quantitative estimate of drug-likeness (QED) is 0.599. The van der Waals surface area contributed by atoms with Crippen LogP contribution in [0.25, 0.3) is 0 Å². The summed E-state index contributed by atoms with van der Waals surface area (Å²) in [6.07, 6.45) is -3.06. The predicted octanol–water partition coefficient (Wildman–Crippen LogP) is 5.55. The molecule has 3 aromatic carbocycles. The van der Waals surface area contributed by atoms with E-state index in [9.17, 15) is 22.8 Å². The van der Waals surface area contributed by atoms with Crippen molar-refractivity contribution in [3.63, 3.8) is 0 Å². The van der Waals surface area contributed by atoms with E-state index in [2.05, 4.69) is 5.32 Å². The third kappa shape index (κ3) is 4.30. The van der Waals surface area contributed by atoms with Gasteiger partial charge in [0, 0.05) is 23.5 Å². The molecular weight excluding hydrogens is 405 g/mol. The molecule has 3 aromatic rings. The molecule has 4 rings (SSSR count). The summed E-state index contributed by atoms with van der Waals surface area (Å²) in [6, 6.07) is 18.6. The first-order valence-corrected chi connectivity index (χ1v) is 9.82. The van der Waals surface area contributed by atoms with E-state index in [1.807, 2.05) is 6.07 Å². The molecule has 0 unspecified atom stereocenters. The largest absolute Gasteiger partial charge is 0.417 e. The zero-order valence-electron chi connectivity index (χ0n) is 16.4. The van der Waals surface area contributed by atoms with Crippen LogP contribution in [-0.4, -0.2) is 18.4 Å². The molecule has 158 valence electrons. The molecule has 1 N–H and O–H groups in total. The molecule has 1 aliphatic heterocycles. The number of nitrogens with zero attached hydrogens (tertiary/aromatic N) is 1. The molecule has 0 radical (unpaired) electrons. The van der Waals surface area contributed by atoms with Crippen LogP contribution in [0.3, 0.4) is 0 Å². The van der Waals surface area contributed by atoms with Gasteiger partial charge in [0.25, 0.3) is 11.8 Å². The second-order valence-corrected chi connectivity index (χ2v) is 7.27. The van der Waals surface area contributed by atoms with E-state index in [0.29, 0.717) is 23.5 Å². The Labute approximate surface area is 177 Å². The SMILES string of the molecule is O=C(Nc1ccc2c(c1)N(C(=O)c1ccccc1)CCC2)c1ccccc1C(F)(F)F. The fraction of sp³-hybridized carbons (Fsp3) is 0.167. The summed E-state index contributed by atoms with van der Waals surface area (Å²) in [6.45, 7) is 0.523. The monoisotopic (exact) mass is 424 g/mol. The number of hydrogen-bond acceptors (Lipinski definition) is 2. The van der Waals surface area contributed by atoms with Crippen LogP contribution in [0.15, 0.2) is 72.8 Å². The Bertz CT molecular complexity index is 1130. The Morgan fingerprint density at radius 2 is 1.61 bits per heavy atom. The average molecular weight is 424 g/mol. The van der Waals surface area contributed by atoms with Crippen molar-refractivity contribution in [3.05, 3.63) is 95.1 Å². The zero-order chi connectivity index (χ0) is 22.0. The molecule has 0 saturated carbocycles. The first-order chi connectivity index (χ1) is 14.8. The van der Waals surface area contributed by atoms with E-state index in [1.54, 1.807) is 47.4 Å². The molecule has 31 heavy (non-hydrogen) atoms. The summed E-state index contributed by atoms with van der Waals surface area (Å²) in [4.78, 5) is 27.2. The van der Waals surface area contributed by atoms with Crippen LogP contribution >= 0.6 is 0 Å². The van der Waals surface area contributed by atoms with Crippen molar-refractivity contribution >= 4 is 23.2 Å². The van der Waals surface area contributed by atoms with Crippen molar-refractivity contribution < 1.29 is 22.8 Å². The van der Waals surface area contributed by atoms with E-state index in [1.165, 1.54) is 12.1 Å². The molecule has 0 aromatic heterocycles. The number of rotatable bonds is 3. The van der Waals surface area contributed by atoms with Crippen LogP contribution < -0.4 is 10.2 Å². The third-order valence-corrected chi connectivity index (χ3v) is 5.20. The Morgan fingerprint density at radius 3 is 2.35 bits per heavy atom. The summed E-state index contributed by atoms with van der Waals surface area (Å²) >= 11 is 0. The van der Waals surface area contributed by atoms with Gasteiger partial charge >= 0.3 is 6.18 Å². The number of anilines is 2. The number of hydrogen-bond donors (Lipinski definition) is 1. The van der Waals surface area contributed by atoms with E-state index in [-0.39, 0.29) is 5.91 Å². The lowest BCUT2D eigenvalue weighted by Gasteiger charge is -2.30. The maximum atomic E-state index is 13.2. The van der Waals surface area contributed by atoms with Gasteiger partial charge in [-0.3, -0.25) is 9.59 Å². The minimum Gasteiger partial charge on any atom is -0.322 e. The topological polar surface area (TPSA) is 49.4 Å². The van der Waals surface area contributed by atoms with Gasteiger partial charge in [-0.05, 0) is 54.8 Å². The van der Waals surface area contributed by atoms with E-state index in [0.717, 1.165) is 30.5 Å². The van der Waals surface area contributed by atoms with Crippen molar-refractivity contribution in [2.75, 3.05) is 16.8 Å². The summed E-state index contributed by atoms with van der Waals surface area (Å²) in [7, 11) is 0. The van der Waals surface area contributed by atoms with Crippen LogP contribution in [0, 0.1) is 0 Å². The van der Waals surface area contributed by atoms with Crippen molar-refractivity contribution in [1.82, 2.24) is 0 Å². The number of benzene rings is 3. The van der Waals surface area contributed by atoms with Gasteiger partial charge < -0.3 is 10.2 Å². The Morgan fingerprint density at radius 1 is 0.903 bits per heavy atom. The van der Waals surface area contributed by atoms with Gasteiger partial charge in [-0.25, -0.2) is 0 Å². The molecular formula is C24H19F3N2O2. The van der Waals surface area contributed by atoms with Crippen LogP contribution in [0.1, 0.15) is 38.3 Å². The predicted molar refractivity (Wildman–Crippen MR) is 112 cm³/mol. The van der Waals surface area contributed by atoms with Crippen LogP contribution in [0.4, 0.5) is 24.5 Å². The first-order valence-electron chi connectivity index (χ1n) is 9.82. The van der Waals surface area contributed by atoms with Gasteiger partial charge in [0.2, 0.25) is 0 Å². The molecule has 4 nitrogen and oxygen atoms in total. The molecule has 1 heterocycles. The highest BCUT2D eigenvalue weighted by Gasteiger charge is 2.35. The zero-order valence-corrected chi connectivity index (χ0v) is 16.4. The summed E-state index contributed by atoms with van der Waals surface area (Å²) in [5.74, 6) is -1.02. The normalized spacial score (nSPS) is 13.5. The van der Waals surface area contributed by atoms with Gasteiger partial charge in [0.1, 0.15) is 0 Å². The smallest absolute Gasteiger partial charge is 0.322 e.